The molecule has 2 amide bonds. The van der Waals surface area contributed by atoms with Gasteiger partial charge in [-0.05, 0) is 54.5 Å². The number of aromatic nitrogens is 1. The highest BCUT2D eigenvalue weighted by Gasteiger charge is 2.33. The number of carbonyl (C=O) groups is 2. The zero-order valence-corrected chi connectivity index (χ0v) is 16.7. The van der Waals surface area contributed by atoms with Crippen LogP contribution in [0.2, 0.25) is 0 Å². The zero-order valence-electron chi connectivity index (χ0n) is 16.7. The van der Waals surface area contributed by atoms with Crippen molar-refractivity contribution < 1.29 is 19.1 Å². The summed E-state index contributed by atoms with van der Waals surface area (Å²) < 4.78 is 10.8. The number of hydrogen-bond acceptors (Lipinski definition) is 5. The Labute approximate surface area is 155 Å². The molecule has 0 spiro atoms. The van der Waals surface area contributed by atoms with Gasteiger partial charge in [0.25, 0.3) is 0 Å². The Morgan fingerprint density at radius 3 is 2.35 bits per heavy atom. The fraction of sp³-hybridized carbons (Fsp3) is 0.632. The molecule has 1 aliphatic rings. The Bertz CT molecular complexity index is 689. The molecule has 1 aromatic heterocycles. The lowest BCUT2D eigenvalue weighted by Crippen LogP contribution is -2.42. The molecule has 144 valence electrons. The highest BCUT2D eigenvalue weighted by atomic mass is 16.6. The Morgan fingerprint density at radius 2 is 1.77 bits per heavy atom. The van der Waals surface area contributed by atoms with Crippen LogP contribution < -0.4 is 5.32 Å². The summed E-state index contributed by atoms with van der Waals surface area (Å²) in [5.41, 5.74) is 1.13. The Morgan fingerprint density at radius 1 is 1.15 bits per heavy atom. The lowest BCUT2D eigenvalue weighted by Gasteiger charge is -2.36. The van der Waals surface area contributed by atoms with Gasteiger partial charge in [-0.2, -0.15) is 0 Å². The molecule has 26 heavy (non-hydrogen) atoms. The molecule has 1 N–H and O–H groups in total. The molecule has 7 heteroatoms. The van der Waals surface area contributed by atoms with Crippen molar-refractivity contribution in [1.82, 2.24) is 9.88 Å². The van der Waals surface area contributed by atoms with E-state index in [1.165, 1.54) is 0 Å². The molecule has 0 saturated heterocycles. The van der Waals surface area contributed by atoms with Crippen molar-refractivity contribution in [3.63, 3.8) is 0 Å². The van der Waals surface area contributed by atoms with Crippen LogP contribution in [0.3, 0.4) is 0 Å². The molecule has 0 saturated carbocycles. The topological polar surface area (TPSA) is 80.8 Å². The summed E-state index contributed by atoms with van der Waals surface area (Å²) >= 11 is 0. The van der Waals surface area contributed by atoms with Crippen LogP contribution in [0, 0.1) is 0 Å². The van der Waals surface area contributed by atoms with E-state index < -0.39 is 17.3 Å². The monoisotopic (exact) mass is 363 g/mol. The van der Waals surface area contributed by atoms with Gasteiger partial charge in [0.2, 0.25) is 0 Å². The number of hydrogen-bond donors (Lipinski definition) is 1. The lowest BCUT2D eigenvalue weighted by molar-refractivity contribution is 0.0159. The average Bonchev–Trinajstić information content (AvgIpc) is 2.43. The molecular weight excluding hydrogens is 334 g/mol. The number of ether oxygens (including phenoxy) is 2. The first-order valence-corrected chi connectivity index (χ1v) is 8.85. The molecule has 7 nitrogen and oxygen atoms in total. The molecular formula is C19H29N3O4. The van der Waals surface area contributed by atoms with Gasteiger partial charge in [0.15, 0.2) is 0 Å². The number of amides is 2. The van der Waals surface area contributed by atoms with E-state index in [1.807, 2.05) is 48.5 Å². The van der Waals surface area contributed by atoms with E-state index in [0.29, 0.717) is 18.7 Å². The number of nitrogens with one attached hydrogen (secondary N) is 1. The second kappa shape index (κ2) is 7.13. The fourth-order valence-electron chi connectivity index (χ4n) is 2.85. The quantitative estimate of drug-likeness (QED) is 0.805. The minimum absolute atomic E-state index is 0.271. The predicted molar refractivity (Wildman–Crippen MR) is 99.2 cm³/mol. The highest BCUT2D eigenvalue weighted by Crippen LogP contribution is 2.35. The maximum absolute atomic E-state index is 12.5. The predicted octanol–water partition coefficient (Wildman–Crippen LogP) is 4.28. The van der Waals surface area contributed by atoms with Gasteiger partial charge >= 0.3 is 12.2 Å². The minimum Gasteiger partial charge on any atom is -0.444 e. The van der Waals surface area contributed by atoms with E-state index in [9.17, 15) is 9.59 Å². The molecule has 0 radical (unpaired) electrons. The van der Waals surface area contributed by atoms with Crippen molar-refractivity contribution in [2.45, 2.75) is 72.1 Å². The van der Waals surface area contributed by atoms with Crippen LogP contribution in [0.4, 0.5) is 15.3 Å². The molecule has 0 fully saturated rings. The normalized spacial score (nSPS) is 17.3. The van der Waals surface area contributed by atoms with Gasteiger partial charge in [-0.15, -0.1) is 0 Å². The molecule has 0 bridgehead atoms. The van der Waals surface area contributed by atoms with Crippen LogP contribution in [-0.2, 0) is 15.9 Å². The van der Waals surface area contributed by atoms with E-state index in [2.05, 4.69) is 10.3 Å². The molecule has 0 aliphatic carbocycles. The second-order valence-electron chi connectivity index (χ2n) is 8.45. The van der Waals surface area contributed by atoms with Gasteiger partial charge in [0.05, 0.1) is 11.7 Å². The highest BCUT2D eigenvalue weighted by molar-refractivity contribution is 5.86. The third-order valence-corrected chi connectivity index (χ3v) is 3.81. The molecule has 1 aliphatic heterocycles. The van der Waals surface area contributed by atoms with Crippen LogP contribution in [-0.4, -0.2) is 39.8 Å². The fourth-order valence-corrected chi connectivity index (χ4v) is 2.85. The van der Waals surface area contributed by atoms with Crippen molar-refractivity contribution in [3.05, 3.63) is 23.5 Å². The summed E-state index contributed by atoms with van der Waals surface area (Å²) in [6.07, 6.45) is 1.35. The molecule has 1 atom stereocenters. The Balaban J connectivity index is 2.25. The van der Waals surface area contributed by atoms with Gasteiger partial charge in [-0.3, -0.25) is 10.3 Å². The SMILES string of the molecule is CC1c2c(NC(=O)OC(C)(C)C)ccnc2CCN1C(=O)OC(C)(C)C. The summed E-state index contributed by atoms with van der Waals surface area (Å²) in [6.45, 7) is 13.4. The van der Waals surface area contributed by atoms with E-state index in [-0.39, 0.29) is 12.1 Å². The third-order valence-electron chi connectivity index (χ3n) is 3.81. The first-order valence-electron chi connectivity index (χ1n) is 8.85. The van der Waals surface area contributed by atoms with E-state index in [4.69, 9.17) is 9.47 Å². The smallest absolute Gasteiger partial charge is 0.412 e. The summed E-state index contributed by atoms with van der Waals surface area (Å²) in [5.74, 6) is 0. The Hall–Kier alpha value is -2.31. The van der Waals surface area contributed by atoms with Gasteiger partial charge in [-0.1, -0.05) is 0 Å². The van der Waals surface area contributed by atoms with Crippen molar-refractivity contribution in [3.8, 4) is 0 Å². The van der Waals surface area contributed by atoms with Crippen molar-refractivity contribution >= 4 is 17.9 Å². The zero-order chi connectivity index (χ0) is 19.7. The van der Waals surface area contributed by atoms with Crippen LogP contribution in [0.5, 0.6) is 0 Å². The van der Waals surface area contributed by atoms with E-state index >= 15 is 0 Å². The first-order chi connectivity index (χ1) is 11.9. The van der Waals surface area contributed by atoms with E-state index in [1.54, 1.807) is 17.2 Å². The van der Waals surface area contributed by atoms with Crippen LogP contribution >= 0.6 is 0 Å². The summed E-state index contributed by atoms with van der Waals surface area (Å²) in [4.78, 5) is 30.8. The molecule has 2 heterocycles. The molecule has 0 aromatic carbocycles. The van der Waals surface area contributed by atoms with Crippen LogP contribution in [0.1, 0.15) is 65.8 Å². The second-order valence-corrected chi connectivity index (χ2v) is 8.45. The first kappa shape index (κ1) is 20.0. The summed E-state index contributed by atoms with van der Waals surface area (Å²) in [5, 5.41) is 2.78. The minimum atomic E-state index is -0.592. The molecule has 2 rings (SSSR count). The number of pyridine rings is 1. The maximum atomic E-state index is 12.5. The Kier molecular flexibility index (Phi) is 5.49. The summed E-state index contributed by atoms with van der Waals surface area (Å²) in [6, 6.07) is 1.45. The third kappa shape index (κ3) is 5.09. The number of carbonyl (C=O) groups excluding carboxylic acids is 2. The number of fused-ring (bicyclic) bond motifs is 1. The maximum Gasteiger partial charge on any atom is 0.412 e. The molecule has 1 aromatic rings. The van der Waals surface area contributed by atoms with Gasteiger partial charge in [0, 0.05) is 30.4 Å². The number of rotatable bonds is 1. The number of anilines is 1. The van der Waals surface area contributed by atoms with Crippen LogP contribution in [0.15, 0.2) is 12.3 Å². The van der Waals surface area contributed by atoms with Gasteiger partial charge < -0.3 is 14.4 Å². The molecule has 1 unspecified atom stereocenters. The van der Waals surface area contributed by atoms with Crippen LogP contribution in [0.25, 0.3) is 0 Å². The van der Waals surface area contributed by atoms with Gasteiger partial charge in [0.1, 0.15) is 11.2 Å². The lowest BCUT2D eigenvalue weighted by atomic mass is 9.96. The van der Waals surface area contributed by atoms with Crippen molar-refractivity contribution in [2.75, 3.05) is 11.9 Å². The standard InChI is InChI=1S/C19H29N3O4/c1-12-15-13(9-11-22(12)17(24)26-19(5,6)7)20-10-8-14(15)21-16(23)25-18(2,3)4/h8,10,12H,9,11H2,1-7H3,(H,20,21,23). The average molecular weight is 363 g/mol. The van der Waals surface area contributed by atoms with Crippen molar-refractivity contribution in [2.24, 2.45) is 0 Å². The number of nitrogens with zero attached hydrogens (tertiary/aromatic N) is 2. The van der Waals surface area contributed by atoms with Gasteiger partial charge in [-0.25, -0.2) is 9.59 Å². The van der Waals surface area contributed by atoms with E-state index in [0.717, 1.165) is 11.3 Å². The van der Waals surface area contributed by atoms with Crippen molar-refractivity contribution in [1.29, 1.82) is 0 Å². The summed E-state index contributed by atoms with van der Waals surface area (Å²) in [7, 11) is 0. The largest absolute Gasteiger partial charge is 0.444 e.